The van der Waals surface area contributed by atoms with E-state index in [0.717, 1.165) is 38.9 Å². The van der Waals surface area contributed by atoms with Gasteiger partial charge in [-0.25, -0.2) is 0 Å². The smallest absolute Gasteiger partial charge is 0.242 e. The van der Waals surface area contributed by atoms with Crippen LogP contribution in [0.3, 0.4) is 0 Å². The second-order valence-electron chi connectivity index (χ2n) is 5.94. The fraction of sp³-hybridized carbons (Fsp3) is 0.846. The molecule has 3 unspecified atom stereocenters. The number of fused-ring (bicyclic) bond motifs is 2. The molecule has 3 aliphatic rings. The molecule has 0 saturated carbocycles. The molecule has 0 aromatic heterocycles. The minimum absolute atomic E-state index is 0.0337. The summed E-state index contributed by atoms with van der Waals surface area (Å²) in [6.45, 7) is 2.34. The first-order chi connectivity index (χ1) is 9.13. The molecule has 0 radical (unpaired) electrons. The van der Waals surface area contributed by atoms with E-state index in [1.165, 1.54) is 6.42 Å². The van der Waals surface area contributed by atoms with Gasteiger partial charge in [-0.15, -0.1) is 0 Å². The highest BCUT2D eigenvalue weighted by Gasteiger charge is 2.55. The number of piperazine rings is 1. The summed E-state index contributed by atoms with van der Waals surface area (Å²) in [5, 5.41) is 6.53. The van der Waals surface area contributed by atoms with Crippen LogP contribution in [-0.2, 0) is 9.59 Å². The number of nitrogens with one attached hydrogen (secondary N) is 2. The van der Waals surface area contributed by atoms with Gasteiger partial charge in [0.1, 0.15) is 11.6 Å². The zero-order valence-electron chi connectivity index (χ0n) is 11.2. The van der Waals surface area contributed by atoms with E-state index in [4.69, 9.17) is 5.73 Å². The zero-order chi connectivity index (χ0) is 13.5. The largest absolute Gasteiger partial charge is 0.368 e. The first-order valence-corrected chi connectivity index (χ1v) is 7.23. The Balaban J connectivity index is 1.81. The SMILES string of the molecule is NC(=O)C12CCC(CNC1C(=O)N1CCCCC1)N2. The molecular formula is C13H22N4O2. The molecule has 3 fully saturated rings. The Labute approximate surface area is 113 Å². The number of amides is 2. The van der Waals surface area contributed by atoms with E-state index in [1.807, 2.05) is 4.90 Å². The lowest BCUT2D eigenvalue weighted by Gasteiger charge is -2.42. The third-order valence-corrected chi connectivity index (χ3v) is 4.76. The summed E-state index contributed by atoms with van der Waals surface area (Å²) in [5.41, 5.74) is 4.71. The van der Waals surface area contributed by atoms with Crippen molar-refractivity contribution in [1.82, 2.24) is 15.5 Å². The average Bonchev–Trinajstić information content (AvgIpc) is 2.78. The quantitative estimate of drug-likeness (QED) is 0.595. The normalized spacial score (nSPS) is 38.2. The lowest BCUT2D eigenvalue weighted by atomic mass is 9.86. The number of carbonyl (C=O) groups is 2. The molecule has 3 saturated heterocycles. The lowest BCUT2D eigenvalue weighted by Crippen LogP contribution is -2.73. The van der Waals surface area contributed by atoms with Gasteiger partial charge < -0.3 is 16.0 Å². The van der Waals surface area contributed by atoms with Crippen molar-refractivity contribution in [2.24, 2.45) is 5.73 Å². The van der Waals surface area contributed by atoms with Gasteiger partial charge in [0.2, 0.25) is 11.8 Å². The number of primary amides is 1. The van der Waals surface area contributed by atoms with E-state index in [1.54, 1.807) is 0 Å². The van der Waals surface area contributed by atoms with Crippen molar-refractivity contribution in [3.05, 3.63) is 0 Å². The maximum absolute atomic E-state index is 12.7. The van der Waals surface area contributed by atoms with Crippen molar-refractivity contribution in [3.63, 3.8) is 0 Å². The zero-order valence-corrected chi connectivity index (χ0v) is 11.2. The van der Waals surface area contributed by atoms with Crippen molar-refractivity contribution < 1.29 is 9.59 Å². The standard InChI is InChI=1S/C13H22N4O2/c14-12(19)13-5-4-9(16-13)8-15-10(13)11(18)17-6-2-1-3-7-17/h9-10,15-16H,1-8H2,(H2,14,19). The Bertz CT molecular complexity index is 394. The maximum atomic E-state index is 12.7. The van der Waals surface area contributed by atoms with Crippen molar-refractivity contribution >= 4 is 11.8 Å². The van der Waals surface area contributed by atoms with Crippen LogP contribution in [0.25, 0.3) is 0 Å². The lowest BCUT2D eigenvalue weighted by molar-refractivity contribution is -0.141. The van der Waals surface area contributed by atoms with Gasteiger partial charge >= 0.3 is 0 Å². The Hall–Kier alpha value is -1.14. The van der Waals surface area contributed by atoms with Gasteiger partial charge in [0, 0.05) is 25.7 Å². The maximum Gasteiger partial charge on any atom is 0.242 e. The van der Waals surface area contributed by atoms with E-state index >= 15 is 0 Å². The van der Waals surface area contributed by atoms with Crippen LogP contribution in [0.1, 0.15) is 32.1 Å². The highest BCUT2D eigenvalue weighted by molar-refractivity contribution is 5.96. The molecule has 2 bridgehead atoms. The predicted molar refractivity (Wildman–Crippen MR) is 70.3 cm³/mol. The van der Waals surface area contributed by atoms with E-state index in [0.29, 0.717) is 6.42 Å². The van der Waals surface area contributed by atoms with Gasteiger partial charge in [-0.05, 0) is 32.1 Å². The molecule has 19 heavy (non-hydrogen) atoms. The molecule has 0 spiro atoms. The van der Waals surface area contributed by atoms with Gasteiger partial charge in [0.05, 0.1) is 0 Å². The van der Waals surface area contributed by atoms with Crippen molar-refractivity contribution in [3.8, 4) is 0 Å². The van der Waals surface area contributed by atoms with Crippen LogP contribution < -0.4 is 16.4 Å². The van der Waals surface area contributed by atoms with Crippen LogP contribution in [0.5, 0.6) is 0 Å². The summed E-state index contributed by atoms with van der Waals surface area (Å²) in [6, 6.07) is -0.236. The number of piperidine rings is 1. The molecule has 3 atom stereocenters. The molecule has 0 aromatic carbocycles. The second-order valence-corrected chi connectivity index (χ2v) is 5.94. The average molecular weight is 266 g/mol. The van der Waals surface area contributed by atoms with Gasteiger partial charge in [0.25, 0.3) is 0 Å². The van der Waals surface area contributed by atoms with Crippen LogP contribution in [0.4, 0.5) is 0 Å². The predicted octanol–water partition coefficient (Wildman–Crippen LogP) is -1.05. The summed E-state index contributed by atoms with van der Waals surface area (Å²) in [4.78, 5) is 26.4. The van der Waals surface area contributed by atoms with E-state index < -0.39 is 17.5 Å². The van der Waals surface area contributed by atoms with Crippen molar-refractivity contribution in [2.45, 2.75) is 49.7 Å². The number of likely N-dealkylation sites (tertiary alicyclic amines) is 1. The number of nitrogens with two attached hydrogens (primary N) is 1. The monoisotopic (exact) mass is 266 g/mol. The topological polar surface area (TPSA) is 87.5 Å². The molecule has 0 aromatic rings. The minimum atomic E-state index is -0.878. The molecule has 106 valence electrons. The molecule has 0 aliphatic carbocycles. The van der Waals surface area contributed by atoms with Gasteiger partial charge in [-0.2, -0.15) is 0 Å². The van der Waals surface area contributed by atoms with Crippen LogP contribution in [0, 0.1) is 0 Å². The molecule has 2 amide bonds. The molecule has 6 nitrogen and oxygen atoms in total. The van der Waals surface area contributed by atoms with Crippen LogP contribution >= 0.6 is 0 Å². The Morgan fingerprint density at radius 3 is 2.63 bits per heavy atom. The number of nitrogens with zero attached hydrogens (tertiary/aromatic N) is 1. The number of hydrogen-bond donors (Lipinski definition) is 3. The van der Waals surface area contributed by atoms with E-state index in [9.17, 15) is 9.59 Å². The van der Waals surface area contributed by atoms with Gasteiger partial charge in [-0.1, -0.05) is 0 Å². The highest BCUT2D eigenvalue weighted by Crippen LogP contribution is 2.31. The second kappa shape index (κ2) is 4.76. The van der Waals surface area contributed by atoms with Crippen molar-refractivity contribution in [2.75, 3.05) is 19.6 Å². The molecule has 3 heterocycles. The molecule has 4 N–H and O–H groups in total. The molecule has 3 rings (SSSR count). The van der Waals surface area contributed by atoms with Crippen LogP contribution in [0.2, 0.25) is 0 Å². The fourth-order valence-electron chi connectivity index (χ4n) is 3.66. The van der Waals surface area contributed by atoms with Crippen molar-refractivity contribution in [1.29, 1.82) is 0 Å². The first-order valence-electron chi connectivity index (χ1n) is 7.23. The molecular weight excluding hydrogens is 244 g/mol. The fourth-order valence-corrected chi connectivity index (χ4v) is 3.66. The summed E-state index contributed by atoms with van der Waals surface area (Å²) < 4.78 is 0. The Morgan fingerprint density at radius 1 is 1.21 bits per heavy atom. The third kappa shape index (κ3) is 2.03. The molecule has 3 aliphatic heterocycles. The Morgan fingerprint density at radius 2 is 1.95 bits per heavy atom. The highest BCUT2D eigenvalue weighted by atomic mass is 16.2. The van der Waals surface area contributed by atoms with Crippen LogP contribution in [-0.4, -0.2) is 54.0 Å². The van der Waals surface area contributed by atoms with Crippen LogP contribution in [0.15, 0.2) is 0 Å². The molecule has 6 heteroatoms. The number of hydrogen-bond acceptors (Lipinski definition) is 4. The minimum Gasteiger partial charge on any atom is -0.368 e. The van der Waals surface area contributed by atoms with E-state index in [-0.39, 0.29) is 11.9 Å². The van der Waals surface area contributed by atoms with E-state index in [2.05, 4.69) is 10.6 Å². The summed E-state index contributed by atoms with van der Waals surface area (Å²) in [6.07, 6.45) is 4.85. The summed E-state index contributed by atoms with van der Waals surface area (Å²) in [7, 11) is 0. The summed E-state index contributed by atoms with van der Waals surface area (Å²) >= 11 is 0. The summed E-state index contributed by atoms with van der Waals surface area (Å²) in [5.74, 6) is -0.371. The third-order valence-electron chi connectivity index (χ3n) is 4.76. The van der Waals surface area contributed by atoms with Gasteiger partial charge in [-0.3, -0.25) is 14.9 Å². The number of rotatable bonds is 2. The first kappa shape index (κ1) is 12.9. The Kier molecular flexibility index (Phi) is 3.22. The number of carbonyl (C=O) groups excluding carboxylic acids is 2. The van der Waals surface area contributed by atoms with Gasteiger partial charge in [0.15, 0.2) is 0 Å².